The lowest BCUT2D eigenvalue weighted by molar-refractivity contribution is -0.135. The first-order valence-corrected chi connectivity index (χ1v) is 7.91. The number of nitrogens with one attached hydrogen (secondary N) is 1. The highest BCUT2D eigenvalue weighted by molar-refractivity contribution is 5.78. The van der Waals surface area contributed by atoms with Gasteiger partial charge in [-0.1, -0.05) is 32.1 Å². The number of hydrogen-bond acceptors (Lipinski definition) is 3. The summed E-state index contributed by atoms with van der Waals surface area (Å²) in [5, 5.41) is 12.6. The molecule has 2 fully saturated rings. The maximum absolute atomic E-state index is 12.3. The molecule has 20 heavy (non-hydrogen) atoms. The molecule has 4 nitrogen and oxygen atoms in total. The summed E-state index contributed by atoms with van der Waals surface area (Å²) in [6.07, 6.45) is 10.7. The first kappa shape index (κ1) is 15.3. The van der Waals surface area contributed by atoms with Gasteiger partial charge in [-0.25, -0.2) is 0 Å². The van der Waals surface area contributed by atoms with Gasteiger partial charge < -0.3 is 10.1 Å². The lowest BCUT2D eigenvalue weighted by Crippen LogP contribution is -2.51. The molecule has 0 unspecified atom stereocenters. The number of carbonyl (C=O) groups excluding carboxylic acids is 1. The first-order valence-electron chi connectivity index (χ1n) is 7.91. The fourth-order valence-electron chi connectivity index (χ4n) is 3.40. The molecule has 0 atom stereocenters. The van der Waals surface area contributed by atoms with Gasteiger partial charge in [0.15, 0.2) is 0 Å². The van der Waals surface area contributed by atoms with Gasteiger partial charge in [-0.05, 0) is 32.1 Å². The van der Waals surface area contributed by atoms with Crippen LogP contribution in [0.4, 0.5) is 0 Å². The zero-order chi connectivity index (χ0) is 14.5. The maximum atomic E-state index is 12.3. The number of ether oxygens (including phenoxy) is 1. The topological polar surface area (TPSA) is 62.1 Å². The molecule has 0 aliphatic heterocycles. The van der Waals surface area contributed by atoms with Crippen LogP contribution in [0, 0.1) is 11.3 Å². The van der Waals surface area contributed by atoms with E-state index in [9.17, 15) is 10.1 Å². The molecular weight excluding hydrogens is 252 g/mol. The van der Waals surface area contributed by atoms with Crippen LogP contribution in [0.25, 0.3) is 0 Å². The fraction of sp³-hybridized carbons (Fsp3) is 0.875. The SMILES string of the molecule is COC1(CC(=O)NC2(C#N)CCCCCCC2)CCC1. The predicted molar refractivity (Wildman–Crippen MR) is 77.0 cm³/mol. The zero-order valence-corrected chi connectivity index (χ0v) is 12.5. The summed E-state index contributed by atoms with van der Waals surface area (Å²) >= 11 is 0. The van der Waals surface area contributed by atoms with Crippen LogP contribution in [0.3, 0.4) is 0 Å². The standard InChI is InChI=1S/C16H26N2O2/c1-20-16(10-7-11-16)12-14(19)18-15(13-17)8-5-3-2-4-6-9-15/h2-12H2,1H3,(H,18,19). The third-order valence-electron chi connectivity index (χ3n) is 4.98. The Morgan fingerprint density at radius 3 is 2.15 bits per heavy atom. The minimum Gasteiger partial charge on any atom is -0.378 e. The Hall–Kier alpha value is -1.08. The average molecular weight is 278 g/mol. The van der Waals surface area contributed by atoms with Crippen molar-refractivity contribution >= 4 is 5.91 Å². The van der Waals surface area contributed by atoms with Crippen LogP contribution in [0.1, 0.15) is 70.6 Å². The Labute approximate surface area is 121 Å². The second-order valence-electron chi connectivity index (χ2n) is 6.43. The molecule has 4 heteroatoms. The number of carbonyl (C=O) groups is 1. The highest BCUT2D eigenvalue weighted by Crippen LogP contribution is 2.38. The molecule has 0 saturated heterocycles. The van der Waals surface area contributed by atoms with E-state index in [-0.39, 0.29) is 11.5 Å². The second kappa shape index (κ2) is 6.58. The number of rotatable bonds is 4. The van der Waals surface area contributed by atoms with E-state index in [4.69, 9.17) is 4.74 Å². The van der Waals surface area contributed by atoms with Crippen LogP contribution in [0.2, 0.25) is 0 Å². The van der Waals surface area contributed by atoms with Crippen LogP contribution in [0.15, 0.2) is 0 Å². The Morgan fingerprint density at radius 2 is 1.70 bits per heavy atom. The number of nitrogens with zero attached hydrogens (tertiary/aromatic N) is 1. The van der Waals surface area contributed by atoms with E-state index in [0.29, 0.717) is 6.42 Å². The fourth-order valence-corrected chi connectivity index (χ4v) is 3.40. The lowest BCUT2D eigenvalue weighted by atomic mass is 9.77. The molecule has 0 bridgehead atoms. The monoisotopic (exact) mass is 278 g/mol. The Morgan fingerprint density at radius 1 is 1.10 bits per heavy atom. The first-order chi connectivity index (χ1) is 9.64. The average Bonchev–Trinajstić information content (AvgIpc) is 2.37. The van der Waals surface area contributed by atoms with Crippen LogP contribution in [-0.2, 0) is 9.53 Å². The smallest absolute Gasteiger partial charge is 0.224 e. The van der Waals surface area contributed by atoms with Crippen molar-refractivity contribution in [1.29, 1.82) is 5.26 Å². The molecule has 2 aliphatic rings. The van der Waals surface area contributed by atoms with Crippen LogP contribution in [-0.4, -0.2) is 24.2 Å². The largest absolute Gasteiger partial charge is 0.378 e. The second-order valence-corrected chi connectivity index (χ2v) is 6.43. The van der Waals surface area contributed by atoms with Crippen LogP contribution < -0.4 is 5.32 Å². The minimum atomic E-state index is -0.643. The van der Waals surface area contributed by atoms with Gasteiger partial charge in [0.05, 0.1) is 18.1 Å². The Kier molecular flexibility index (Phi) is 5.04. The van der Waals surface area contributed by atoms with E-state index in [2.05, 4.69) is 11.4 Å². The van der Waals surface area contributed by atoms with E-state index in [0.717, 1.165) is 44.9 Å². The highest BCUT2D eigenvalue weighted by atomic mass is 16.5. The summed E-state index contributed by atoms with van der Waals surface area (Å²) in [6, 6.07) is 2.38. The van der Waals surface area contributed by atoms with Crippen molar-refractivity contribution in [3.8, 4) is 6.07 Å². The molecule has 0 aromatic heterocycles. The maximum Gasteiger partial charge on any atom is 0.224 e. The molecule has 2 saturated carbocycles. The Balaban J connectivity index is 1.94. The van der Waals surface area contributed by atoms with E-state index >= 15 is 0 Å². The summed E-state index contributed by atoms with van der Waals surface area (Å²) in [6.45, 7) is 0. The van der Waals surface area contributed by atoms with E-state index in [1.54, 1.807) is 7.11 Å². The molecule has 0 radical (unpaired) electrons. The number of hydrogen-bond donors (Lipinski definition) is 1. The molecule has 0 spiro atoms. The van der Waals surface area contributed by atoms with Crippen molar-refractivity contribution < 1.29 is 9.53 Å². The summed E-state index contributed by atoms with van der Waals surface area (Å²) in [5.74, 6) is -0.0197. The summed E-state index contributed by atoms with van der Waals surface area (Å²) in [4.78, 5) is 12.3. The van der Waals surface area contributed by atoms with Gasteiger partial charge >= 0.3 is 0 Å². The third-order valence-corrected chi connectivity index (χ3v) is 4.98. The van der Waals surface area contributed by atoms with Crippen molar-refractivity contribution in [3.63, 3.8) is 0 Å². The van der Waals surface area contributed by atoms with E-state index in [1.165, 1.54) is 19.3 Å². The predicted octanol–water partition coefficient (Wildman–Crippen LogP) is 3.07. The molecule has 2 aliphatic carbocycles. The van der Waals surface area contributed by atoms with Crippen molar-refractivity contribution in [1.82, 2.24) is 5.32 Å². The van der Waals surface area contributed by atoms with Gasteiger partial charge in [0.1, 0.15) is 5.54 Å². The molecule has 1 amide bonds. The van der Waals surface area contributed by atoms with Crippen molar-refractivity contribution in [2.45, 2.75) is 81.8 Å². The summed E-state index contributed by atoms with van der Waals surface area (Å²) in [7, 11) is 1.68. The van der Waals surface area contributed by atoms with Gasteiger partial charge in [0.2, 0.25) is 5.91 Å². The van der Waals surface area contributed by atoms with Crippen molar-refractivity contribution in [2.75, 3.05) is 7.11 Å². The third kappa shape index (κ3) is 3.52. The quantitative estimate of drug-likeness (QED) is 0.859. The highest BCUT2D eigenvalue weighted by Gasteiger charge is 2.41. The van der Waals surface area contributed by atoms with Gasteiger partial charge in [0, 0.05) is 7.11 Å². The molecule has 2 rings (SSSR count). The zero-order valence-electron chi connectivity index (χ0n) is 12.5. The molecule has 0 heterocycles. The van der Waals surface area contributed by atoms with E-state index in [1.807, 2.05) is 0 Å². The molecule has 0 aromatic rings. The molecular formula is C16H26N2O2. The Bertz CT molecular complexity index is 369. The van der Waals surface area contributed by atoms with Gasteiger partial charge in [0.25, 0.3) is 0 Å². The number of nitriles is 1. The van der Waals surface area contributed by atoms with Crippen molar-refractivity contribution in [2.24, 2.45) is 0 Å². The summed E-state index contributed by atoms with van der Waals surface area (Å²) in [5.41, 5.74) is -0.904. The number of amides is 1. The van der Waals surface area contributed by atoms with Gasteiger partial charge in [-0.3, -0.25) is 4.79 Å². The number of methoxy groups -OCH3 is 1. The van der Waals surface area contributed by atoms with Gasteiger partial charge in [-0.2, -0.15) is 5.26 Å². The van der Waals surface area contributed by atoms with E-state index < -0.39 is 5.54 Å². The van der Waals surface area contributed by atoms with Crippen LogP contribution >= 0.6 is 0 Å². The normalized spacial score (nSPS) is 24.6. The van der Waals surface area contributed by atoms with Gasteiger partial charge in [-0.15, -0.1) is 0 Å². The minimum absolute atomic E-state index is 0.0197. The molecule has 1 N–H and O–H groups in total. The lowest BCUT2D eigenvalue weighted by Gasteiger charge is -2.41. The molecule has 112 valence electrons. The van der Waals surface area contributed by atoms with Crippen molar-refractivity contribution in [3.05, 3.63) is 0 Å². The molecule has 0 aromatic carbocycles. The summed E-state index contributed by atoms with van der Waals surface area (Å²) < 4.78 is 5.50. The van der Waals surface area contributed by atoms with Crippen LogP contribution in [0.5, 0.6) is 0 Å².